The van der Waals surface area contributed by atoms with Crippen LogP contribution in [0.15, 0.2) is 42.9 Å². The maximum Gasteiger partial charge on any atom is 0.254 e. The van der Waals surface area contributed by atoms with E-state index in [9.17, 15) is 4.79 Å². The van der Waals surface area contributed by atoms with Crippen molar-refractivity contribution in [1.82, 2.24) is 14.9 Å². The van der Waals surface area contributed by atoms with Gasteiger partial charge in [-0.15, -0.1) is 0 Å². The zero-order chi connectivity index (χ0) is 14.7. The molecule has 0 bridgehead atoms. The number of likely N-dealkylation sites (tertiary alicyclic amines) is 1. The number of hydrogen-bond donors (Lipinski definition) is 1. The van der Waals surface area contributed by atoms with E-state index in [2.05, 4.69) is 15.3 Å². The largest absolute Gasteiger partial charge is 0.497 e. The van der Waals surface area contributed by atoms with Crippen LogP contribution in [0, 0.1) is 0 Å². The molecule has 1 N–H and O–H groups in total. The van der Waals surface area contributed by atoms with Crippen molar-refractivity contribution >= 4 is 11.7 Å². The molecule has 1 aromatic heterocycles. The summed E-state index contributed by atoms with van der Waals surface area (Å²) < 4.78 is 5.14. The molecule has 6 nitrogen and oxygen atoms in total. The summed E-state index contributed by atoms with van der Waals surface area (Å²) >= 11 is 0. The molecule has 1 amide bonds. The molecule has 21 heavy (non-hydrogen) atoms. The van der Waals surface area contributed by atoms with Crippen LogP contribution in [0.1, 0.15) is 10.4 Å². The summed E-state index contributed by atoms with van der Waals surface area (Å²) in [4.78, 5) is 22.1. The number of carbonyl (C=O) groups is 1. The Morgan fingerprint density at radius 1 is 1.38 bits per heavy atom. The minimum Gasteiger partial charge on any atom is -0.497 e. The van der Waals surface area contributed by atoms with Gasteiger partial charge in [-0.25, -0.2) is 9.97 Å². The molecule has 1 aliphatic rings. The summed E-state index contributed by atoms with van der Waals surface area (Å²) in [6.45, 7) is 1.33. The fourth-order valence-corrected chi connectivity index (χ4v) is 2.26. The summed E-state index contributed by atoms with van der Waals surface area (Å²) in [6.07, 6.45) is 3.19. The standard InChI is InChI=1S/C15H16N4O2/c1-21-13-4-2-3-11(7-13)15(20)19-8-12(9-19)18-14-5-6-16-10-17-14/h2-7,10,12H,8-9H2,1H3,(H,16,17,18). The van der Waals surface area contributed by atoms with Crippen molar-refractivity contribution in [2.75, 3.05) is 25.5 Å². The number of carbonyl (C=O) groups excluding carboxylic acids is 1. The Hall–Kier alpha value is -2.63. The van der Waals surface area contributed by atoms with Crippen LogP contribution in [0.4, 0.5) is 5.82 Å². The van der Waals surface area contributed by atoms with Crippen LogP contribution in [-0.4, -0.2) is 47.0 Å². The second-order valence-electron chi connectivity index (χ2n) is 4.88. The van der Waals surface area contributed by atoms with Gasteiger partial charge in [0.25, 0.3) is 5.91 Å². The number of rotatable bonds is 4. The van der Waals surface area contributed by atoms with Crippen molar-refractivity contribution in [3.63, 3.8) is 0 Å². The second kappa shape index (κ2) is 5.78. The molecular formula is C15H16N4O2. The van der Waals surface area contributed by atoms with Gasteiger partial charge in [0.2, 0.25) is 0 Å². The van der Waals surface area contributed by atoms with Gasteiger partial charge in [0.1, 0.15) is 17.9 Å². The van der Waals surface area contributed by atoms with Crippen LogP contribution < -0.4 is 10.1 Å². The van der Waals surface area contributed by atoms with Gasteiger partial charge < -0.3 is 15.0 Å². The quantitative estimate of drug-likeness (QED) is 0.919. The van der Waals surface area contributed by atoms with E-state index in [1.54, 1.807) is 30.3 Å². The maximum absolute atomic E-state index is 12.3. The lowest BCUT2D eigenvalue weighted by Crippen LogP contribution is -2.57. The minimum absolute atomic E-state index is 0.0228. The number of methoxy groups -OCH3 is 1. The van der Waals surface area contributed by atoms with Crippen molar-refractivity contribution < 1.29 is 9.53 Å². The molecule has 0 spiro atoms. The first-order chi connectivity index (χ1) is 10.3. The van der Waals surface area contributed by atoms with Gasteiger partial charge in [-0.1, -0.05) is 6.07 Å². The monoisotopic (exact) mass is 284 g/mol. The lowest BCUT2D eigenvalue weighted by Gasteiger charge is -2.39. The fourth-order valence-electron chi connectivity index (χ4n) is 2.26. The highest BCUT2D eigenvalue weighted by Crippen LogP contribution is 2.19. The van der Waals surface area contributed by atoms with Crippen LogP contribution >= 0.6 is 0 Å². The van der Waals surface area contributed by atoms with Crippen molar-refractivity contribution in [3.05, 3.63) is 48.4 Å². The molecule has 0 atom stereocenters. The van der Waals surface area contributed by atoms with Gasteiger partial charge >= 0.3 is 0 Å². The van der Waals surface area contributed by atoms with Crippen molar-refractivity contribution in [1.29, 1.82) is 0 Å². The first-order valence-electron chi connectivity index (χ1n) is 6.72. The van der Waals surface area contributed by atoms with E-state index < -0.39 is 0 Å². The van der Waals surface area contributed by atoms with E-state index in [1.165, 1.54) is 6.33 Å². The van der Waals surface area contributed by atoms with Crippen molar-refractivity contribution in [2.24, 2.45) is 0 Å². The average molecular weight is 284 g/mol. The molecule has 3 rings (SSSR count). The van der Waals surface area contributed by atoms with Gasteiger partial charge in [-0.2, -0.15) is 0 Å². The Bertz CT molecular complexity index is 627. The van der Waals surface area contributed by atoms with Gasteiger partial charge in [0.15, 0.2) is 0 Å². The number of anilines is 1. The van der Waals surface area contributed by atoms with Crippen LogP contribution in [0.2, 0.25) is 0 Å². The predicted molar refractivity (Wildman–Crippen MR) is 78.3 cm³/mol. The number of ether oxygens (including phenoxy) is 1. The normalized spacial score (nSPS) is 14.4. The number of amides is 1. The summed E-state index contributed by atoms with van der Waals surface area (Å²) in [7, 11) is 1.59. The number of nitrogens with one attached hydrogen (secondary N) is 1. The Morgan fingerprint density at radius 3 is 2.95 bits per heavy atom. The van der Waals surface area contributed by atoms with Crippen molar-refractivity contribution in [2.45, 2.75) is 6.04 Å². The number of aromatic nitrogens is 2. The molecule has 2 heterocycles. The SMILES string of the molecule is COc1cccc(C(=O)N2CC(Nc3ccncn3)C2)c1. The molecule has 0 saturated carbocycles. The van der Waals surface area contributed by atoms with E-state index in [-0.39, 0.29) is 11.9 Å². The summed E-state index contributed by atoms with van der Waals surface area (Å²) in [5.41, 5.74) is 0.648. The van der Waals surface area contributed by atoms with Crippen LogP contribution in [-0.2, 0) is 0 Å². The predicted octanol–water partition coefficient (Wildman–Crippen LogP) is 1.42. The van der Waals surface area contributed by atoms with E-state index in [1.807, 2.05) is 18.2 Å². The maximum atomic E-state index is 12.3. The highest BCUT2D eigenvalue weighted by atomic mass is 16.5. The first-order valence-corrected chi connectivity index (χ1v) is 6.72. The zero-order valence-electron chi connectivity index (χ0n) is 11.7. The Morgan fingerprint density at radius 2 is 2.24 bits per heavy atom. The molecule has 108 valence electrons. The van der Waals surface area contributed by atoms with Gasteiger partial charge in [0.05, 0.1) is 13.2 Å². The van der Waals surface area contributed by atoms with E-state index >= 15 is 0 Å². The highest BCUT2D eigenvalue weighted by Gasteiger charge is 2.31. The molecule has 1 aliphatic heterocycles. The van der Waals surface area contributed by atoms with Crippen LogP contribution in [0.3, 0.4) is 0 Å². The molecule has 1 aromatic carbocycles. The van der Waals surface area contributed by atoms with Crippen LogP contribution in [0.25, 0.3) is 0 Å². The van der Waals surface area contributed by atoms with Gasteiger partial charge in [-0.3, -0.25) is 4.79 Å². The number of benzene rings is 1. The third-order valence-electron chi connectivity index (χ3n) is 3.42. The summed E-state index contributed by atoms with van der Waals surface area (Å²) in [6, 6.07) is 9.25. The third kappa shape index (κ3) is 2.94. The minimum atomic E-state index is 0.0228. The number of nitrogens with zero attached hydrogens (tertiary/aromatic N) is 3. The molecule has 1 fully saturated rings. The van der Waals surface area contributed by atoms with E-state index in [0.717, 1.165) is 5.82 Å². The highest BCUT2D eigenvalue weighted by molar-refractivity contribution is 5.95. The van der Waals surface area contributed by atoms with Crippen LogP contribution in [0.5, 0.6) is 5.75 Å². The topological polar surface area (TPSA) is 67.3 Å². The molecule has 0 radical (unpaired) electrons. The third-order valence-corrected chi connectivity index (χ3v) is 3.42. The molecule has 1 saturated heterocycles. The Kier molecular flexibility index (Phi) is 3.68. The van der Waals surface area contributed by atoms with Gasteiger partial charge in [0, 0.05) is 24.8 Å². The molecule has 6 heteroatoms. The first kappa shape index (κ1) is 13.4. The molecule has 0 aliphatic carbocycles. The fraction of sp³-hybridized carbons (Fsp3) is 0.267. The second-order valence-corrected chi connectivity index (χ2v) is 4.88. The lowest BCUT2D eigenvalue weighted by molar-refractivity contribution is 0.0624. The van der Waals surface area contributed by atoms with E-state index in [4.69, 9.17) is 4.74 Å². The average Bonchev–Trinajstić information content (AvgIpc) is 2.51. The number of hydrogen-bond acceptors (Lipinski definition) is 5. The Balaban J connectivity index is 1.57. The Labute approximate surface area is 122 Å². The zero-order valence-corrected chi connectivity index (χ0v) is 11.7. The van der Waals surface area contributed by atoms with Gasteiger partial charge in [-0.05, 0) is 24.3 Å². The van der Waals surface area contributed by atoms with E-state index in [0.29, 0.717) is 24.4 Å². The molecular weight excluding hydrogens is 268 g/mol. The smallest absolute Gasteiger partial charge is 0.254 e. The summed E-state index contributed by atoms with van der Waals surface area (Å²) in [5.74, 6) is 1.50. The summed E-state index contributed by atoms with van der Waals surface area (Å²) in [5, 5.41) is 3.27. The lowest BCUT2D eigenvalue weighted by atomic mass is 10.1. The molecule has 2 aromatic rings. The van der Waals surface area contributed by atoms with Crippen molar-refractivity contribution in [3.8, 4) is 5.75 Å². The molecule has 0 unspecified atom stereocenters.